The van der Waals surface area contributed by atoms with E-state index in [1.54, 1.807) is 24.8 Å². The second kappa shape index (κ2) is 13.2. The Hall–Kier alpha value is -3.61. The summed E-state index contributed by atoms with van der Waals surface area (Å²) in [5.41, 5.74) is 8.07. The van der Waals surface area contributed by atoms with Crippen molar-refractivity contribution in [3.05, 3.63) is 101 Å². The third-order valence-corrected chi connectivity index (χ3v) is 8.09. The molecule has 1 aliphatic rings. The van der Waals surface area contributed by atoms with Gasteiger partial charge in [-0.3, -0.25) is 0 Å². The highest BCUT2D eigenvalue weighted by Crippen LogP contribution is 2.39. The summed E-state index contributed by atoms with van der Waals surface area (Å²) >= 11 is 1.77. The number of allylic oxidation sites excluding steroid dienone is 1. The van der Waals surface area contributed by atoms with E-state index in [1.807, 2.05) is 10.9 Å². The quantitative estimate of drug-likeness (QED) is 0.0903. The fraction of sp³-hybridized carbons (Fsp3) is 0.294. The third kappa shape index (κ3) is 6.08. The number of nitrogens with zero attached hydrogens (tertiary/aromatic N) is 2. The molecule has 0 N–H and O–H groups in total. The number of esters is 1. The number of ether oxygens (including phenoxy) is 2. The Morgan fingerprint density at radius 1 is 1.07 bits per heavy atom. The molecule has 0 amide bonds. The number of carbonyl (C=O) groups excluding carboxylic acids is 1. The van der Waals surface area contributed by atoms with Crippen LogP contribution < -0.4 is 0 Å². The lowest BCUT2D eigenvalue weighted by Crippen LogP contribution is -2.18. The molecule has 0 aliphatic carbocycles. The van der Waals surface area contributed by atoms with Crippen LogP contribution in [0.25, 0.3) is 28.1 Å². The molecule has 3 aromatic carbocycles. The van der Waals surface area contributed by atoms with Gasteiger partial charge < -0.3 is 9.47 Å². The van der Waals surface area contributed by atoms with E-state index in [9.17, 15) is 4.79 Å². The average molecular weight is 553 g/mol. The number of carbonyl (C=O) groups is 1. The van der Waals surface area contributed by atoms with Crippen molar-refractivity contribution < 1.29 is 14.3 Å². The summed E-state index contributed by atoms with van der Waals surface area (Å²) in [6, 6.07) is 23.6. The number of fused-ring (bicyclic) bond motifs is 1. The van der Waals surface area contributed by atoms with Gasteiger partial charge in [0.25, 0.3) is 0 Å². The molecular weight excluding hydrogens is 516 g/mol. The minimum atomic E-state index is -0.332. The van der Waals surface area contributed by atoms with Gasteiger partial charge in [0.1, 0.15) is 0 Å². The largest absolute Gasteiger partial charge is 0.463 e. The lowest BCUT2D eigenvalue weighted by Gasteiger charge is -2.23. The van der Waals surface area contributed by atoms with Gasteiger partial charge in [-0.1, -0.05) is 55.5 Å². The first kappa shape index (κ1) is 27.9. The molecule has 40 heavy (non-hydrogen) atoms. The van der Waals surface area contributed by atoms with Crippen molar-refractivity contribution in [1.82, 2.24) is 9.78 Å². The molecule has 5 rings (SSSR count). The van der Waals surface area contributed by atoms with Crippen LogP contribution in [-0.2, 0) is 14.3 Å². The molecule has 0 radical (unpaired) electrons. The number of hydrogen-bond donors (Lipinski definition) is 0. The van der Waals surface area contributed by atoms with E-state index in [0.29, 0.717) is 6.61 Å². The molecule has 206 valence electrons. The number of hydrogen-bond acceptors (Lipinski definition) is 5. The van der Waals surface area contributed by atoms with Crippen LogP contribution in [-0.4, -0.2) is 35.2 Å². The molecule has 0 saturated carbocycles. The summed E-state index contributed by atoms with van der Waals surface area (Å²) in [6.45, 7) is 5.18. The van der Waals surface area contributed by atoms with Crippen LogP contribution in [0.5, 0.6) is 0 Å². The van der Waals surface area contributed by atoms with Gasteiger partial charge in [-0.2, -0.15) is 5.10 Å². The second-order valence-corrected chi connectivity index (χ2v) is 10.6. The molecule has 4 aromatic rings. The maximum absolute atomic E-state index is 11.8. The Kier molecular flexibility index (Phi) is 9.19. The van der Waals surface area contributed by atoms with Crippen molar-refractivity contribution in [2.75, 3.05) is 19.5 Å². The molecule has 6 heteroatoms. The molecular formula is C34H36N2O3S. The predicted molar refractivity (Wildman–Crippen MR) is 165 cm³/mol. The standard InChI is InChI=1S/C34H36N2O3S/c1-4-28(29-10-6-7-11-31(29)40-3)34(25-16-13-24(14-17-25)15-20-33(37)38-5-2)26-18-19-30-27(22-26)23-35-36(30)32-12-8-9-21-39-32/h6-7,10-11,13-20,22-23,32H,4-5,8-9,12,21H2,1-3H3/b20-15+,34-28+. The van der Waals surface area contributed by atoms with Crippen LogP contribution in [0.4, 0.5) is 0 Å². The molecule has 2 heterocycles. The van der Waals surface area contributed by atoms with Crippen molar-refractivity contribution in [2.24, 2.45) is 0 Å². The van der Waals surface area contributed by atoms with Crippen LogP contribution >= 0.6 is 11.8 Å². The van der Waals surface area contributed by atoms with Gasteiger partial charge in [0.2, 0.25) is 0 Å². The van der Waals surface area contributed by atoms with E-state index in [-0.39, 0.29) is 12.2 Å². The summed E-state index contributed by atoms with van der Waals surface area (Å²) in [6.07, 6.45) is 11.5. The third-order valence-electron chi connectivity index (χ3n) is 7.30. The molecule has 1 saturated heterocycles. The molecule has 1 aromatic heterocycles. The first-order valence-electron chi connectivity index (χ1n) is 14.0. The normalized spacial score (nSPS) is 16.3. The van der Waals surface area contributed by atoms with E-state index in [2.05, 4.69) is 79.9 Å². The van der Waals surface area contributed by atoms with Crippen molar-refractivity contribution in [2.45, 2.75) is 50.7 Å². The minimum absolute atomic E-state index is 0.00183. The molecule has 5 nitrogen and oxygen atoms in total. The molecule has 0 spiro atoms. The van der Waals surface area contributed by atoms with Gasteiger partial charge in [-0.25, -0.2) is 9.48 Å². The lowest BCUT2D eigenvalue weighted by atomic mass is 9.87. The summed E-state index contributed by atoms with van der Waals surface area (Å²) in [7, 11) is 0. The molecule has 1 aliphatic heterocycles. The number of thioether (sulfide) groups is 1. The monoisotopic (exact) mass is 552 g/mol. The van der Waals surface area contributed by atoms with Crippen LogP contribution in [0.15, 0.2) is 83.9 Å². The predicted octanol–water partition coefficient (Wildman–Crippen LogP) is 8.40. The Morgan fingerprint density at radius 2 is 1.88 bits per heavy atom. The van der Waals surface area contributed by atoms with Crippen LogP contribution in [0.1, 0.15) is 68.0 Å². The average Bonchev–Trinajstić information content (AvgIpc) is 3.43. The maximum atomic E-state index is 11.8. The van der Waals surface area contributed by atoms with Crippen LogP contribution in [0.3, 0.4) is 0 Å². The van der Waals surface area contributed by atoms with Crippen LogP contribution in [0, 0.1) is 0 Å². The van der Waals surface area contributed by atoms with Gasteiger partial charge in [0, 0.05) is 23.0 Å². The highest BCUT2D eigenvalue weighted by molar-refractivity contribution is 7.98. The first-order valence-corrected chi connectivity index (χ1v) is 15.3. The Morgan fingerprint density at radius 3 is 2.60 bits per heavy atom. The molecule has 1 unspecified atom stereocenters. The van der Waals surface area contributed by atoms with Crippen LogP contribution in [0.2, 0.25) is 0 Å². The van der Waals surface area contributed by atoms with Gasteiger partial charge in [0.05, 0.1) is 18.3 Å². The van der Waals surface area contributed by atoms with Crippen molar-refractivity contribution >= 4 is 45.9 Å². The SMILES string of the molecule is CCOC(=O)/C=C/c1ccc(/C(=C(/CC)c2ccccc2SC)c2ccc3c(cnn3C3CCCCO3)c2)cc1. The van der Waals surface area contributed by atoms with Gasteiger partial charge in [0.15, 0.2) is 6.23 Å². The van der Waals surface area contributed by atoms with Gasteiger partial charge in [-0.05, 0) is 96.5 Å². The fourth-order valence-electron chi connectivity index (χ4n) is 5.38. The van der Waals surface area contributed by atoms with Crippen molar-refractivity contribution in [1.29, 1.82) is 0 Å². The lowest BCUT2D eigenvalue weighted by molar-refractivity contribution is -0.137. The van der Waals surface area contributed by atoms with E-state index in [4.69, 9.17) is 14.6 Å². The second-order valence-electron chi connectivity index (χ2n) is 9.80. The summed E-state index contributed by atoms with van der Waals surface area (Å²) < 4.78 is 13.1. The zero-order valence-electron chi connectivity index (χ0n) is 23.4. The Balaban J connectivity index is 1.61. The fourth-order valence-corrected chi connectivity index (χ4v) is 6.01. The molecule has 1 atom stereocenters. The molecule has 1 fully saturated rings. The van der Waals surface area contributed by atoms with Gasteiger partial charge >= 0.3 is 5.97 Å². The van der Waals surface area contributed by atoms with E-state index < -0.39 is 0 Å². The Bertz CT molecular complexity index is 1530. The summed E-state index contributed by atoms with van der Waals surface area (Å²) in [5, 5.41) is 5.83. The highest BCUT2D eigenvalue weighted by Gasteiger charge is 2.20. The zero-order valence-corrected chi connectivity index (χ0v) is 24.2. The minimum Gasteiger partial charge on any atom is -0.463 e. The number of benzene rings is 3. The molecule has 0 bridgehead atoms. The maximum Gasteiger partial charge on any atom is 0.330 e. The number of aromatic nitrogens is 2. The topological polar surface area (TPSA) is 53.3 Å². The van der Waals surface area contributed by atoms with E-state index >= 15 is 0 Å². The first-order chi connectivity index (χ1) is 19.6. The smallest absolute Gasteiger partial charge is 0.330 e. The van der Waals surface area contributed by atoms with Gasteiger partial charge in [-0.15, -0.1) is 11.8 Å². The summed E-state index contributed by atoms with van der Waals surface area (Å²) in [4.78, 5) is 13.1. The highest BCUT2D eigenvalue weighted by atomic mass is 32.2. The van der Waals surface area contributed by atoms with E-state index in [0.717, 1.165) is 59.9 Å². The van der Waals surface area contributed by atoms with Crippen molar-refractivity contribution in [3.63, 3.8) is 0 Å². The zero-order chi connectivity index (χ0) is 27.9. The Labute approximate surface area is 240 Å². The number of rotatable bonds is 9. The van der Waals surface area contributed by atoms with E-state index in [1.165, 1.54) is 27.7 Å². The summed E-state index contributed by atoms with van der Waals surface area (Å²) in [5.74, 6) is -0.332. The van der Waals surface area contributed by atoms with Crippen molar-refractivity contribution in [3.8, 4) is 0 Å².